The van der Waals surface area contributed by atoms with Gasteiger partial charge in [0.1, 0.15) is 12.6 Å². The molecule has 7 nitrogen and oxygen atoms in total. The molecule has 9 heteroatoms. The molecule has 0 bridgehead atoms. The number of hydrogen-bond acceptors (Lipinski definition) is 4. The number of benzene rings is 2. The lowest BCUT2D eigenvalue weighted by Crippen LogP contribution is -2.53. The Kier molecular flexibility index (Phi) is 9.94. The van der Waals surface area contributed by atoms with Crippen molar-refractivity contribution in [1.82, 2.24) is 10.2 Å². The van der Waals surface area contributed by atoms with E-state index in [1.165, 1.54) is 4.90 Å². The van der Waals surface area contributed by atoms with Crippen molar-refractivity contribution in [2.45, 2.75) is 59.2 Å². The van der Waals surface area contributed by atoms with Crippen molar-refractivity contribution in [2.24, 2.45) is 0 Å². The van der Waals surface area contributed by atoms with Gasteiger partial charge in [-0.15, -0.1) is 0 Å². The molecule has 186 valence electrons. The summed E-state index contributed by atoms with van der Waals surface area (Å²) in [5.74, 6) is -0.728. The van der Waals surface area contributed by atoms with E-state index >= 15 is 0 Å². The second kappa shape index (κ2) is 12.2. The zero-order chi connectivity index (χ0) is 25.5. The Morgan fingerprint density at radius 2 is 1.71 bits per heavy atom. The highest BCUT2D eigenvalue weighted by atomic mass is 35.5. The van der Waals surface area contributed by atoms with Gasteiger partial charge in [0.05, 0.1) is 11.9 Å². The lowest BCUT2D eigenvalue weighted by atomic mass is 10.1. The Balaban J connectivity index is 2.43. The molecule has 34 heavy (non-hydrogen) atoms. The van der Waals surface area contributed by atoms with Crippen LogP contribution < -0.4 is 9.62 Å². The number of amides is 2. The third-order valence-corrected chi connectivity index (χ3v) is 7.01. The van der Waals surface area contributed by atoms with Gasteiger partial charge in [0.25, 0.3) is 0 Å². The van der Waals surface area contributed by atoms with E-state index < -0.39 is 28.5 Å². The molecule has 0 saturated carbocycles. The van der Waals surface area contributed by atoms with Gasteiger partial charge in [0.2, 0.25) is 21.8 Å². The molecule has 0 spiro atoms. The number of nitrogens with one attached hydrogen (secondary N) is 1. The van der Waals surface area contributed by atoms with E-state index in [0.717, 1.165) is 28.1 Å². The number of nitrogens with zero attached hydrogens (tertiary/aromatic N) is 2. The number of carbonyl (C=O) groups is 2. The van der Waals surface area contributed by atoms with Crippen LogP contribution in [0, 0.1) is 6.92 Å². The first-order valence-corrected chi connectivity index (χ1v) is 13.6. The third-order valence-electron chi connectivity index (χ3n) is 5.62. The highest BCUT2D eigenvalue weighted by molar-refractivity contribution is 7.92. The summed E-state index contributed by atoms with van der Waals surface area (Å²) >= 11 is 6.01. The molecule has 2 aromatic rings. The van der Waals surface area contributed by atoms with Gasteiger partial charge in [-0.1, -0.05) is 49.7 Å². The minimum Gasteiger partial charge on any atom is -0.352 e. The molecule has 0 aliphatic heterocycles. The van der Waals surface area contributed by atoms with Crippen molar-refractivity contribution < 1.29 is 18.0 Å². The second-order valence-corrected chi connectivity index (χ2v) is 10.8. The number of carbonyl (C=O) groups excluding carboxylic acids is 2. The molecule has 0 aliphatic rings. The molecule has 0 radical (unpaired) electrons. The molecular weight excluding hydrogens is 474 g/mol. The summed E-state index contributed by atoms with van der Waals surface area (Å²) in [5, 5.41) is 3.51. The number of anilines is 1. The molecule has 2 rings (SSSR count). The van der Waals surface area contributed by atoms with Gasteiger partial charge in [-0.25, -0.2) is 8.42 Å². The first-order chi connectivity index (χ1) is 16.0. The second-order valence-electron chi connectivity index (χ2n) is 8.50. The van der Waals surface area contributed by atoms with E-state index in [-0.39, 0.29) is 18.5 Å². The summed E-state index contributed by atoms with van der Waals surface area (Å²) in [4.78, 5) is 28.1. The zero-order valence-corrected chi connectivity index (χ0v) is 22.0. The minimum atomic E-state index is -3.75. The van der Waals surface area contributed by atoms with Crippen molar-refractivity contribution in [3.05, 3.63) is 64.7 Å². The summed E-state index contributed by atoms with van der Waals surface area (Å²) in [6.45, 7) is 7.28. The normalized spacial score (nSPS) is 13.1. The topological polar surface area (TPSA) is 86.8 Å². The monoisotopic (exact) mass is 507 g/mol. The summed E-state index contributed by atoms with van der Waals surface area (Å²) in [6, 6.07) is 13.2. The Hall–Kier alpha value is -2.58. The van der Waals surface area contributed by atoms with E-state index in [1.807, 2.05) is 33.8 Å². The van der Waals surface area contributed by atoms with Crippen LogP contribution in [0.4, 0.5) is 5.69 Å². The molecule has 2 aromatic carbocycles. The van der Waals surface area contributed by atoms with Crippen molar-refractivity contribution in [1.29, 1.82) is 0 Å². The van der Waals surface area contributed by atoms with Crippen LogP contribution in [0.5, 0.6) is 0 Å². The number of rotatable bonds is 11. The SMILES string of the molecule is CC[C@@H](C)NC(=O)[C@H](CC)N(Cc1ccc(Cl)cc1)C(=O)CN(c1cccc(C)c1)S(C)(=O)=O. The fourth-order valence-electron chi connectivity index (χ4n) is 3.54. The first-order valence-electron chi connectivity index (χ1n) is 11.3. The lowest BCUT2D eigenvalue weighted by molar-refractivity contribution is -0.140. The van der Waals surface area contributed by atoms with Gasteiger partial charge in [-0.2, -0.15) is 0 Å². The highest BCUT2D eigenvalue weighted by Gasteiger charge is 2.32. The lowest BCUT2D eigenvalue weighted by Gasteiger charge is -2.33. The Morgan fingerprint density at radius 1 is 1.06 bits per heavy atom. The fraction of sp³-hybridized carbons (Fsp3) is 0.440. The molecule has 1 N–H and O–H groups in total. The van der Waals surface area contributed by atoms with Crippen LogP contribution in [-0.2, 0) is 26.2 Å². The average Bonchev–Trinajstić information content (AvgIpc) is 2.77. The van der Waals surface area contributed by atoms with Crippen LogP contribution in [0.2, 0.25) is 5.02 Å². The summed E-state index contributed by atoms with van der Waals surface area (Å²) in [5.41, 5.74) is 2.06. The van der Waals surface area contributed by atoms with E-state index in [1.54, 1.807) is 42.5 Å². The van der Waals surface area contributed by atoms with Crippen LogP contribution in [0.15, 0.2) is 48.5 Å². The van der Waals surface area contributed by atoms with Crippen LogP contribution in [0.25, 0.3) is 0 Å². The van der Waals surface area contributed by atoms with Crippen LogP contribution in [0.1, 0.15) is 44.7 Å². The maximum absolute atomic E-state index is 13.6. The molecule has 0 aromatic heterocycles. The summed E-state index contributed by atoms with van der Waals surface area (Å²) < 4.78 is 26.3. The van der Waals surface area contributed by atoms with Gasteiger partial charge < -0.3 is 10.2 Å². The van der Waals surface area contributed by atoms with Gasteiger partial charge in [0, 0.05) is 17.6 Å². The number of aryl methyl sites for hydroxylation is 1. The van der Waals surface area contributed by atoms with Gasteiger partial charge in [-0.3, -0.25) is 13.9 Å². The highest BCUT2D eigenvalue weighted by Crippen LogP contribution is 2.21. The third kappa shape index (κ3) is 7.74. The smallest absolute Gasteiger partial charge is 0.244 e. The molecule has 0 aliphatic carbocycles. The standard InChI is InChI=1S/C25H34ClN3O4S/c1-6-19(4)27-25(31)23(7-2)28(16-20-11-13-21(26)14-12-20)24(30)17-29(34(5,32)33)22-10-8-9-18(3)15-22/h8-15,19,23H,6-7,16-17H2,1-5H3,(H,27,31)/t19-,23+/m1/s1. The van der Waals surface area contributed by atoms with E-state index in [2.05, 4.69) is 5.32 Å². The quantitative estimate of drug-likeness (QED) is 0.495. The van der Waals surface area contributed by atoms with Gasteiger partial charge >= 0.3 is 0 Å². The van der Waals surface area contributed by atoms with Crippen molar-refractivity contribution >= 4 is 39.1 Å². The maximum atomic E-state index is 13.6. The number of halogens is 1. The largest absolute Gasteiger partial charge is 0.352 e. The number of sulfonamides is 1. The van der Waals surface area contributed by atoms with E-state index in [0.29, 0.717) is 17.1 Å². The number of hydrogen-bond donors (Lipinski definition) is 1. The van der Waals surface area contributed by atoms with Crippen molar-refractivity contribution in [2.75, 3.05) is 17.1 Å². The van der Waals surface area contributed by atoms with Crippen LogP contribution in [0.3, 0.4) is 0 Å². The zero-order valence-electron chi connectivity index (χ0n) is 20.4. The van der Waals surface area contributed by atoms with E-state index in [9.17, 15) is 18.0 Å². The first kappa shape index (κ1) is 27.7. The molecule has 2 atom stereocenters. The summed E-state index contributed by atoms with van der Waals surface area (Å²) in [6.07, 6.45) is 2.20. The maximum Gasteiger partial charge on any atom is 0.244 e. The molecule has 0 heterocycles. The minimum absolute atomic E-state index is 0.0474. The Morgan fingerprint density at radius 3 is 2.24 bits per heavy atom. The molecular formula is C25H34ClN3O4S. The molecule has 0 saturated heterocycles. The molecule has 2 amide bonds. The Labute approximate surface area is 208 Å². The summed E-state index contributed by atoms with van der Waals surface area (Å²) in [7, 11) is -3.75. The van der Waals surface area contributed by atoms with Crippen molar-refractivity contribution in [3.63, 3.8) is 0 Å². The van der Waals surface area contributed by atoms with E-state index in [4.69, 9.17) is 11.6 Å². The van der Waals surface area contributed by atoms with Crippen molar-refractivity contribution in [3.8, 4) is 0 Å². The molecule has 0 unspecified atom stereocenters. The van der Waals surface area contributed by atoms with Crippen LogP contribution >= 0.6 is 11.6 Å². The fourth-order valence-corrected chi connectivity index (χ4v) is 4.51. The predicted molar refractivity (Wildman–Crippen MR) is 137 cm³/mol. The average molecular weight is 508 g/mol. The predicted octanol–water partition coefficient (Wildman–Crippen LogP) is 4.14. The van der Waals surface area contributed by atoms with Gasteiger partial charge in [-0.05, 0) is 62.1 Å². The van der Waals surface area contributed by atoms with Crippen LogP contribution in [-0.4, -0.2) is 50.0 Å². The van der Waals surface area contributed by atoms with Gasteiger partial charge in [0.15, 0.2) is 0 Å². The Bertz CT molecular complexity index is 1090. The molecule has 0 fully saturated rings.